The Balaban J connectivity index is 2.03. The molecule has 0 saturated heterocycles. The predicted molar refractivity (Wildman–Crippen MR) is 87.4 cm³/mol. The summed E-state index contributed by atoms with van der Waals surface area (Å²) in [6.45, 7) is 2.44. The van der Waals surface area contributed by atoms with Crippen molar-refractivity contribution in [3.8, 4) is 0 Å². The summed E-state index contributed by atoms with van der Waals surface area (Å²) in [5.41, 5.74) is 3.13. The Bertz CT molecular complexity index is 658. The quantitative estimate of drug-likeness (QED) is 0.827. The molecule has 2 rings (SSSR count). The van der Waals surface area contributed by atoms with Crippen molar-refractivity contribution in [2.24, 2.45) is 0 Å². The lowest BCUT2D eigenvalue weighted by Crippen LogP contribution is -3.04. The molecule has 0 atom stereocenters. The Morgan fingerprint density at radius 2 is 1.45 bits per heavy atom. The lowest BCUT2D eigenvalue weighted by molar-refractivity contribution is -0.872. The molecule has 2 aromatic rings. The Morgan fingerprint density at radius 3 is 1.95 bits per heavy atom. The fourth-order valence-electron chi connectivity index (χ4n) is 2.17. The van der Waals surface area contributed by atoms with E-state index in [4.69, 9.17) is 0 Å². The van der Waals surface area contributed by atoms with Crippen LogP contribution in [0.2, 0.25) is 0 Å². The highest BCUT2D eigenvalue weighted by Crippen LogP contribution is 2.12. The minimum absolute atomic E-state index is 0.0106. The summed E-state index contributed by atoms with van der Waals surface area (Å²) in [6.07, 6.45) is 0. The molecular formula is C18H21N2O2+. The minimum atomic E-state index is -0.153. The highest BCUT2D eigenvalue weighted by molar-refractivity contribution is 6.04. The molecule has 2 N–H and O–H groups in total. The predicted octanol–water partition coefficient (Wildman–Crippen LogP) is 1.79. The van der Waals surface area contributed by atoms with E-state index in [2.05, 4.69) is 19.4 Å². The summed E-state index contributed by atoms with van der Waals surface area (Å²) in [6, 6.07) is 14.5. The Labute approximate surface area is 130 Å². The normalized spacial score (nSPS) is 10.5. The maximum absolute atomic E-state index is 12.2. The summed E-state index contributed by atoms with van der Waals surface area (Å²) in [4.78, 5) is 24.7. The molecule has 0 bridgehead atoms. The molecule has 0 aliphatic carbocycles. The van der Waals surface area contributed by atoms with Crippen molar-refractivity contribution in [2.75, 3.05) is 19.4 Å². The van der Waals surface area contributed by atoms with Crippen LogP contribution in [0.3, 0.4) is 0 Å². The van der Waals surface area contributed by atoms with Crippen LogP contribution in [0.15, 0.2) is 48.5 Å². The number of Topliss-reactive ketones (excluding diaryl/α,β-unsaturated/α-hetero) is 1. The van der Waals surface area contributed by atoms with Crippen molar-refractivity contribution < 1.29 is 14.5 Å². The molecule has 0 radical (unpaired) electrons. The number of hydrogen-bond acceptors (Lipinski definition) is 2. The Kier molecular flexibility index (Phi) is 5.07. The van der Waals surface area contributed by atoms with Crippen molar-refractivity contribution in [2.45, 2.75) is 13.5 Å². The number of rotatable bonds is 5. The van der Waals surface area contributed by atoms with Gasteiger partial charge in [0.05, 0.1) is 14.1 Å². The first kappa shape index (κ1) is 15.9. The van der Waals surface area contributed by atoms with Crippen LogP contribution in [0, 0.1) is 0 Å². The van der Waals surface area contributed by atoms with Crippen LogP contribution in [0.25, 0.3) is 0 Å². The Morgan fingerprint density at radius 1 is 0.909 bits per heavy atom. The van der Waals surface area contributed by atoms with E-state index in [1.807, 2.05) is 24.3 Å². The van der Waals surface area contributed by atoms with E-state index in [-0.39, 0.29) is 11.7 Å². The van der Waals surface area contributed by atoms with Crippen molar-refractivity contribution in [1.82, 2.24) is 0 Å². The number of nitrogens with one attached hydrogen (secondary N) is 2. The van der Waals surface area contributed by atoms with Gasteiger partial charge in [-0.15, -0.1) is 0 Å². The topological polar surface area (TPSA) is 50.6 Å². The molecule has 0 aromatic heterocycles. The first-order valence-electron chi connectivity index (χ1n) is 7.26. The van der Waals surface area contributed by atoms with Gasteiger partial charge in [0.1, 0.15) is 6.54 Å². The average Bonchev–Trinajstić information content (AvgIpc) is 2.48. The second kappa shape index (κ2) is 7.00. The lowest BCUT2D eigenvalue weighted by Gasteiger charge is -2.09. The fourth-order valence-corrected chi connectivity index (χ4v) is 2.17. The molecule has 0 saturated carbocycles. The number of carbonyl (C=O) groups excluding carboxylic acids is 2. The van der Waals surface area contributed by atoms with E-state index in [0.717, 1.165) is 6.54 Å². The van der Waals surface area contributed by atoms with Crippen LogP contribution in [-0.2, 0) is 6.54 Å². The van der Waals surface area contributed by atoms with Crippen LogP contribution in [-0.4, -0.2) is 25.8 Å². The third kappa shape index (κ3) is 4.27. The largest absolute Gasteiger partial charge is 0.336 e. The van der Waals surface area contributed by atoms with Gasteiger partial charge in [0.2, 0.25) is 0 Å². The van der Waals surface area contributed by atoms with Crippen molar-refractivity contribution in [3.63, 3.8) is 0 Å². The summed E-state index contributed by atoms with van der Waals surface area (Å²) < 4.78 is 0. The number of quaternary nitrogens is 1. The van der Waals surface area contributed by atoms with Gasteiger partial charge in [-0.1, -0.05) is 12.1 Å². The summed E-state index contributed by atoms with van der Waals surface area (Å²) in [7, 11) is 4.18. The molecule has 4 heteroatoms. The fraction of sp³-hybridized carbons (Fsp3) is 0.222. The highest BCUT2D eigenvalue weighted by Gasteiger charge is 2.07. The minimum Gasteiger partial charge on any atom is -0.336 e. The lowest BCUT2D eigenvalue weighted by atomic mass is 10.1. The average molecular weight is 297 g/mol. The van der Waals surface area contributed by atoms with Crippen molar-refractivity contribution in [1.29, 1.82) is 0 Å². The number of hydrogen-bond donors (Lipinski definition) is 2. The van der Waals surface area contributed by atoms with Crippen LogP contribution in [0.4, 0.5) is 5.69 Å². The molecule has 0 fully saturated rings. The van der Waals surface area contributed by atoms with Gasteiger partial charge < -0.3 is 10.2 Å². The maximum atomic E-state index is 12.2. The van der Waals surface area contributed by atoms with Gasteiger partial charge >= 0.3 is 0 Å². The van der Waals surface area contributed by atoms with E-state index in [0.29, 0.717) is 16.8 Å². The van der Waals surface area contributed by atoms with Crippen LogP contribution < -0.4 is 10.2 Å². The number of benzene rings is 2. The van der Waals surface area contributed by atoms with E-state index < -0.39 is 0 Å². The number of amides is 1. The van der Waals surface area contributed by atoms with E-state index in [9.17, 15) is 9.59 Å². The zero-order chi connectivity index (χ0) is 16.1. The summed E-state index contributed by atoms with van der Waals surface area (Å²) in [5, 5.41) is 2.83. The van der Waals surface area contributed by atoms with Crippen LogP contribution in [0.1, 0.15) is 33.2 Å². The van der Waals surface area contributed by atoms with Crippen molar-refractivity contribution in [3.05, 3.63) is 65.2 Å². The third-order valence-electron chi connectivity index (χ3n) is 3.32. The smallest absolute Gasteiger partial charge is 0.255 e. The molecule has 2 aromatic carbocycles. The van der Waals surface area contributed by atoms with Crippen LogP contribution in [0.5, 0.6) is 0 Å². The maximum Gasteiger partial charge on any atom is 0.255 e. The van der Waals surface area contributed by atoms with Gasteiger partial charge in [-0.2, -0.15) is 0 Å². The molecule has 1 amide bonds. The Hall–Kier alpha value is -2.46. The first-order valence-corrected chi connectivity index (χ1v) is 7.26. The number of anilines is 1. The number of ketones is 1. The zero-order valence-electron chi connectivity index (χ0n) is 13.1. The molecular weight excluding hydrogens is 276 g/mol. The molecule has 0 spiro atoms. The van der Waals surface area contributed by atoms with Crippen LogP contribution >= 0.6 is 0 Å². The molecule has 22 heavy (non-hydrogen) atoms. The van der Waals surface area contributed by atoms with Gasteiger partial charge in [-0.3, -0.25) is 9.59 Å². The highest BCUT2D eigenvalue weighted by atomic mass is 16.1. The molecule has 4 nitrogen and oxygen atoms in total. The molecule has 0 heterocycles. The third-order valence-corrected chi connectivity index (χ3v) is 3.32. The van der Waals surface area contributed by atoms with Gasteiger partial charge in [0.15, 0.2) is 5.78 Å². The molecule has 0 aliphatic rings. The number of carbonyl (C=O) groups is 2. The zero-order valence-corrected chi connectivity index (χ0v) is 13.1. The monoisotopic (exact) mass is 297 g/mol. The van der Waals surface area contributed by atoms with Crippen molar-refractivity contribution >= 4 is 17.4 Å². The van der Waals surface area contributed by atoms with E-state index in [1.165, 1.54) is 17.4 Å². The first-order chi connectivity index (χ1) is 10.5. The summed E-state index contributed by atoms with van der Waals surface area (Å²) >= 11 is 0. The molecule has 0 unspecified atom stereocenters. The van der Waals surface area contributed by atoms with Gasteiger partial charge in [-0.25, -0.2) is 0 Å². The second-order valence-electron chi connectivity index (χ2n) is 5.67. The summed E-state index contributed by atoms with van der Waals surface area (Å²) in [5.74, 6) is -0.143. The second-order valence-corrected chi connectivity index (χ2v) is 5.67. The SMILES string of the molecule is CC(=O)c1ccc(NC(=O)c2ccc(C[NH+](C)C)cc2)cc1. The molecule has 0 aliphatic heterocycles. The van der Waals surface area contributed by atoms with E-state index >= 15 is 0 Å². The standard InChI is InChI=1S/C18H20N2O2/c1-13(21)15-8-10-17(11-9-15)19-18(22)16-6-4-14(5-7-16)12-20(2)3/h4-11H,12H2,1-3H3,(H,19,22)/p+1. The van der Waals surface area contributed by atoms with Gasteiger partial charge in [0, 0.05) is 22.4 Å². The van der Waals surface area contributed by atoms with Gasteiger partial charge in [-0.05, 0) is 43.3 Å². The van der Waals surface area contributed by atoms with E-state index in [1.54, 1.807) is 24.3 Å². The molecule has 114 valence electrons. The van der Waals surface area contributed by atoms with Gasteiger partial charge in [0.25, 0.3) is 5.91 Å².